The van der Waals surface area contributed by atoms with Crippen molar-refractivity contribution in [2.24, 2.45) is 0 Å². The number of rotatable bonds is 7. The lowest BCUT2D eigenvalue weighted by molar-refractivity contribution is 0.692. The van der Waals surface area contributed by atoms with Gasteiger partial charge in [-0.2, -0.15) is 0 Å². The van der Waals surface area contributed by atoms with E-state index in [2.05, 4.69) is 37.1 Å². The lowest BCUT2D eigenvalue weighted by atomic mass is 10.1. The van der Waals surface area contributed by atoms with Gasteiger partial charge in [0.2, 0.25) is 0 Å². The normalized spacial score (nSPS) is 14.7. The Morgan fingerprint density at radius 1 is 1.37 bits per heavy atom. The summed E-state index contributed by atoms with van der Waals surface area (Å²) in [6.45, 7) is 8.62. The molecule has 0 atom stereocenters. The van der Waals surface area contributed by atoms with Crippen LogP contribution in [0, 0.1) is 13.8 Å². The van der Waals surface area contributed by atoms with Crippen LogP contribution in [0.1, 0.15) is 49.4 Å². The second-order valence-electron chi connectivity index (χ2n) is 5.69. The Hall–Kier alpha value is -1.09. The van der Waals surface area contributed by atoms with E-state index in [0.29, 0.717) is 0 Å². The molecule has 1 saturated carbocycles. The molecule has 1 heterocycles. The second-order valence-corrected chi connectivity index (χ2v) is 5.69. The Kier molecular flexibility index (Phi) is 4.81. The van der Waals surface area contributed by atoms with Gasteiger partial charge in [0, 0.05) is 30.4 Å². The van der Waals surface area contributed by atoms with Crippen LogP contribution < -0.4 is 10.2 Å². The van der Waals surface area contributed by atoms with Gasteiger partial charge in [0.15, 0.2) is 0 Å². The predicted octanol–water partition coefficient (Wildman–Crippen LogP) is 3.19. The molecule has 3 nitrogen and oxygen atoms in total. The first kappa shape index (κ1) is 14.3. The van der Waals surface area contributed by atoms with Gasteiger partial charge in [-0.3, -0.25) is 0 Å². The van der Waals surface area contributed by atoms with Crippen LogP contribution in [0.25, 0.3) is 0 Å². The lowest BCUT2D eigenvalue weighted by Crippen LogP contribution is -2.30. The Balaban J connectivity index is 2.33. The summed E-state index contributed by atoms with van der Waals surface area (Å²) < 4.78 is 0. The molecule has 3 heteroatoms. The summed E-state index contributed by atoms with van der Waals surface area (Å²) in [5.41, 5.74) is 3.87. The SMILES string of the molecule is CCCCN(c1nc(C)cc(C)c1CNC)C1CC1. The molecule has 1 aromatic heterocycles. The van der Waals surface area contributed by atoms with E-state index >= 15 is 0 Å². The Morgan fingerprint density at radius 3 is 2.68 bits per heavy atom. The van der Waals surface area contributed by atoms with Gasteiger partial charge in [-0.15, -0.1) is 0 Å². The highest BCUT2D eigenvalue weighted by Gasteiger charge is 2.31. The summed E-state index contributed by atoms with van der Waals surface area (Å²) >= 11 is 0. The van der Waals surface area contributed by atoms with E-state index in [9.17, 15) is 0 Å². The van der Waals surface area contributed by atoms with Crippen LogP contribution in [-0.2, 0) is 6.54 Å². The van der Waals surface area contributed by atoms with Crippen molar-refractivity contribution in [1.29, 1.82) is 0 Å². The molecule has 0 bridgehead atoms. The third-order valence-electron chi connectivity index (χ3n) is 3.82. The molecule has 1 N–H and O–H groups in total. The quantitative estimate of drug-likeness (QED) is 0.817. The molecular weight excluding hydrogens is 234 g/mol. The van der Waals surface area contributed by atoms with E-state index in [-0.39, 0.29) is 0 Å². The first-order chi connectivity index (χ1) is 9.17. The summed E-state index contributed by atoms with van der Waals surface area (Å²) in [4.78, 5) is 7.40. The van der Waals surface area contributed by atoms with Crippen LogP contribution >= 0.6 is 0 Å². The molecule has 0 aliphatic heterocycles. The van der Waals surface area contributed by atoms with Crippen LogP contribution in [0.2, 0.25) is 0 Å². The maximum Gasteiger partial charge on any atom is 0.133 e. The van der Waals surface area contributed by atoms with E-state index in [1.807, 2.05) is 7.05 Å². The molecule has 0 radical (unpaired) electrons. The number of nitrogens with one attached hydrogen (secondary N) is 1. The zero-order valence-corrected chi connectivity index (χ0v) is 12.8. The molecule has 2 rings (SSSR count). The maximum atomic E-state index is 4.85. The highest BCUT2D eigenvalue weighted by Crippen LogP contribution is 2.34. The van der Waals surface area contributed by atoms with Gasteiger partial charge in [-0.05, 0) is 51.8 Å². The van der Waals surface area contributed by atoms with Crippen molar-refractivity contribution in [3.63, 3.8) is 0 Å². The van der Waals surface area contributed by atoms with Crippen molar-refractivity contribution >= 4 is 5.82 Å². The van der Waals surface area contributed by atoms with Gasteiger partial charge >= 0.3 is 0 Å². The van der Waals surface area contributed by atoms with Gasteiger partial charge < -0.3 is 10.2 Å². The van der Waals surface area contributed by atoms with Gasteiger partial charge in [0.1, 0.15) is 5.82 Å². The van der Waals surface area contributed by atoms with Crippen molar-refractivity contribution in [2.75, 3.05) is 18.5 Å². The molecule has 1 aromatic rings. The Bertz CT molecular complexity index is 424. The van der Waals surface area contributed by atoms with Crippen LogP contribution in [0.15, 0.2) is 6.07 Å². The minimum atomic E-state index is 0.732. The predicted molar refractivity (Wildman–Crippen MR) is 81.8 cm³/mol. The molecule has 1 aliphatic rings. The molecule has 1 fully saturated rings. The third-order valence-corrected chi connectivity index (χ3v) is 3.82. The Morgan fingerprint density at radius 2 is 2.11 bits per heavy atom. The fourth-order valence-electron chi connectivity index (χ4n) is 2.65. The summed E-state index contributed by atoms with van der Waals surface area (Å²) in [5.74, 6) is 1.22. The summed E-state index contributed by atoms with van der Waals surface area (Å²) in [6.07, 6.45) is 5.16. The molecule has 19 heavy (non-hydrogen) atoms. The minimum absolute atomic E-state index is 0.732. The fourth-order valence-corrected chi connectivity index (χ4v) is 2.65. The van der Waals surface area contributed by atoms with Gasteiger partial charge in [0.25, 0.3) is 0 Å². The van der Waals surface area contributed by atoms with Gasteiger partial charge in [0.05, 0.1) is 0 Å². The number of unbranched alkanes of at least 4 members (excludes halogenated alkanes) is 1. The van der Waals surface area contributed by atoms with E-state index in [1.165, 1.54) is 42.6 Å². The molecular formula is C16H27N3. The largest absolute Gasteiger partial charge is 0.353 e. The molecule has 0 amide bonds. The first-order valence-corrected chi connectivity index (χ1v) is 7.55. The van der Waals surface area contributed by atoms with Crippen molar-refractivity contribution in [2.45, 2.75) is 59.0 Å². The monoisotopic (exact) mass is 261 g/mol. The van der Waals surface area contributed by atoms with Crippen molar-refractivity contribution in [3.05, 3.63) is 22.9 Å². The highest BCUT2D eigenvalue weighted by molar-refractivity contribution is 5.53. The first-order valence-electron chi connectivity index (χ1n) is 7.55. The molecule has 0 aromatic carbocycles. The fraction of sp³-hybridized carbons (Fsp3) is 0.688. The summed E-state index contributed by atoms with van der Waals surface area (Å²) in [5, 5.41) is 3.29. The average Bonchev–Trinajstić information content (AvgIpc) is 3.18. The minimum Gasteiger partial charge on any atom is -0.353 e. The number of aromatic nitrogens is 1. The third kappa shape index (κ3) is 3.47. The summed E-state index contributed by atoms with van der Waals surface area (Å²) in [7, 11) is 2.01. The van der Waals surface area contributed by atoms with Gasteiger partial charge in [-0.25, -0.2) is 4.98 Å². The van der Waals surface area contributed by atoms with E-state index < -0.39 is 0 Å². The standard InChI is InChI=1S/C16H27N3/c1-5-6-9-19(14-7-8-14)16-15(11-17-4)12(2)10-13(3)18-16/h10,14,17H,5-9,11H2,1-4H3. The number of pyridine rings is 1. The van der Waals surface area contributed by atoms with Crippen LogP contribution in [0.5, 0.6) is 0 Å². The number of hydrogen-bond donors (Lipinski definition) is 1. The molecule has 106 valence electrons. The topological polar surface area (TPSA) is 28.2 Å². The molecule has 0 unspecified atom stereocenters. The van der Waals surface area contributed by atoms with Crippen molar-refractivity contribution < 1.29 is 0 Å². The zero-order valence-electron chi connectivity index (χ0n) is 12.8. The average molecular weight is 261 g/mol. The van der Waals surface area contributed by atoms with E-state index in [4.69, 9.17) is 4.98 Å². The van der Waals surface area contributed by atoms with Crippen molar-refractivity contribution in [3.8, 4) is 0 Å². The highest BCUT2D eigenvalue weighted by atomic mass is 15.2. The lowest BCUT2D eigenvalue weighted by Gasteiger charge is -2.27. The van der Waals surface area contributed by atoms with Crippen LogP contribution in [0.3, 0.4) is 0 Å². The van der Waals surface area contributed by atoms with E-state index in [1.54, 1.807) is 0 Å². The van der Waals surface area contributed by atoms with E-state index in [0.717, 1.165) is 24.8 Å². The molecule has 0 spiro atoms. The number of anilines is 1. The number of hydrogen-bond acceptors (Lipinski definition) is 3. The molecule has 0 saturated heterocycles. The van der Waals surface area contributed by atoms with Crippen LogP contribution in [0.4, 0.5) is 5.82 Å². The zero-order chi connectivity index (χ0) is 13.8. The maximum absolute atomic E-state index is 4.85. The Labute approximate surface area is 117 Å². The second kappa shape index (κ2) is 6.38. The number of aryl methyl sites for hydroxylation is 2. The van der Waals surface area contributed by atoms with Crippen molar-refractivity contribution in [1.82, 2.24) is 10.3 Å². The molecule has 1 aliphatic carbocycles. The summed E-state index contributed by atoms with van der Waals surface area (Å²) in [6, 6.07) is 2.93. The number of nitrogens with zero attached hydrogens (tertiary/aromatic N) is 2. The smallest absolute Gasteiger partial charge is 0.133 e. The van der Waals surface area contributed by atoms with Crippen LogP contribution in [-0.4, -0.2) is 24.6 Å². The van der Waals surface area contributed by atoms with Gasteiger partial charge in [-0.1, -0.05) is 13.3 Å².